The van der Waals surface area contributed by atoms with Crippen LogP contribution in [0.4, 0.5) is 0 Å². The van der Waals surface area contributed by atoms with Crippen LogP contribution < -0.4 is 0 Å². The highest BCUT2D eigenvalue weighted by Gasteiger charge is 1.96. The molecule has 12 heavy (non-hydrogen) atoms. The largest absolute Gasteiger partial charge is 0.149 e. The Morgan fingerprint density at radius 3 is 2.83 bits per heavy atom. The number of hydrogen-bond acceptors (Lipinski definition) is 2. The number of fused-ring (bicyclic) bond motifs is 1. The van der Waals surface area contributed by atoms with E-state index in [-0.39, 0.29) is 0 Å². The molecule has 0 amide bonds. The Labute approximate surface area is 91.7 Å². The van der Waals surface area contributed by atoms with E-state index in [0.29, 0.717) is 0 Å². The minimum absolute atomic E-state index is 0.919. The van der Waals surface area contributed by atoms with Crippen LogP contribution in [0, 0.1) is 3.70 Å². The van der Waals surface area contributed by atoms with Crippen molar-refractivity contribution in [3.05, 3.63) is 32.4 Å². The standard InChI is InChI=1S/C8H4BrIN2/c9-6-2-1-5-3-8(10)12-11-7(5)4-6/h1-4H. The molecule has 0 radical (unpaired) electrons. The summed E-state index contributed by atoms with van der Waals surface area (Å²) in [5, 5.41) is 9.14. The molecular formula is C8H4BrIN2. The topological polar surface area (TPSA) is 25.8 Å². The van der Waals surface area contributed by atoms with E-state index >= 15 is 0 Å². The Kier molecular flexibility index (Phi) is 2.27. The molecule has 0 atom stereocenters. The van der Waals surface area contributed by atoms with Crippen molar-refractivity contribution in [1.82, 2.24) is 10.2 Å². The molecule has 0 fully saturated rings. The molecule has 0 aliphatic rings. The molecule has 0 saturated carbocycles. The van der Waals surface area contributed by atoms with E-state index in [0.717, 1.165) is 19.1 Å². The fourth-order valence-electron chi connectivity index (χ4n) is 0.984. The second-order valence-corrected chi connectivity index (χ2v) is 4.39. The maximum atomic E-state index is 4.05. The average Bonchev–Trinajstić information content (AvgIpc) is 2.05. The van der Waals surface area contributed by atoms with Gasteiger partial charge < -0.3 is 0 Å². The zero-order valence-corrected chi connectivity index (χ0v) is 9.70. The minimum atomic E-state index is 0.919. The number of aromatic nitrogens is 2. The molecule has 0 saturated heterocycles. The molecule has 1 aromatic heterocycles. The lowest BCUT2D eigenvalue weighted by Gasteiger charge is -1.96. The molecule has 2 nitrogen and oxygen atoms in total. The smallest absolute Gasteiger partial charge is 0.124 e. The summed E-state index contributed by atoms with van der Waals surface area (Å²) < 4.78 is 1.95. The van der Waals surface area contributed by atoms with Crippen LogP contribution in [0.2, 0.25) is 0 Å². The van der Waals surface area contributed by atoms with Gasteiger partial charge in [0.25, 0.3) is 0 Å². The highest BCUT2D eigenvalue weighted by atomic mass is 127. The van der Waals surface area contributed by atoms with Gasteiger partial charge in [-0.15, -0.1) is 10.2 Å². The summed E-state index contributed by atoms with van der Waals surface area (Å²) in [5.74, 6) is 0. The summed E-state index contributed by atoms with van der Waals surface area (Å²) in [6, 6.07) is 7.99. The summed E-state index contributed by atoms with van der Waals surface area (Å²) in [6.45, 7) is 0. The van der Waals surface area contributed by atoms with Crippen LogP contribution in [0.5, 0.6) is 0 Å². The number of halogens is 2. The first kappa shape index (κ1) is 8.37. The van der Waals surface area contributed by atoms with Gasteiger partial charge in [-0.2, -0.15) is 0 Å². The third-order valence-corrected chi connectivity index (χ3v) is 2.54. The summed E-state index contributed by atoms with van der Waals surface area (Å²) in [4.78, 5) is 0. The van der Waals surface area contributed by atoms with Crippen molar-refractivity contribution < 1.29 is 0 Å². The Bertz CT molecular complexity index is 389. The lowest BCUT2D eigenvalue weighted by Crippen LogP contribution is -1.86. The van der Waals surface area contributed by atoms with Gasteiger partial charge in [0.2, 0.25) is 0 Å². The summed E-state index contributed by atoms with van der Waals surface area (Å²) in [7, 11) is 0. The van der Waals surface area contributed by atoms with Crippen molar-refractivity contribution in [2.45, 2.75) is 0 Å². The molecule has 2 rings (SSSR count). The van der Waals surface area contributed by atoms with E-state index in [9.17, 15) is 0 Å². The molecule has 0 unspecified atom stereocenters. The molecule has 0 aliphatic heterocycles. The van der Waals surface area contributed by atoms with E-state index < -0.39 is 0 Å². The molecule has 60 valence electrons. The molecular weight excluding hydrogens is 331 g/mol. The molecule has 0 N–H and O–H groups in total. The molecule has 4 heteroatoms. The third-order valence-electron chi connectivity index (χ3n) is 1.52. The van der Waals surface area contributed by atoms with E-state index in [2.05, 4.69) is 48.7 Å². The van der Waals surface area contributed by atoms with Crippen LogP contribution in [0.15, 0.2) is 28.7 Å². The highest BCUT2D eigenvalue weighted by Crippen LogP contribution is 2.17. The van der Waals surface area contributed by atoms with Crippen molar-refractivity contribution in [3.63, 3.8) is 0 Å². The normalized spacial score (nSPS) is 10.5. The van der Waals surface area contributed by atoms with E-state index in [4.69, 9.17) is 0 Å². The van der Waals surface area contributed by atoms with Gasteiger partial charge in [-0.25, -0.2) is 0 Å². The molecule has 0 spiro atoms. The van der Waals surface area contributed by atoms with E-state index in [1.54, 1.807) is 0 Å². The monoisotopic (exact) mass is 334 g/mol. The van der Waals surface area contributed by atoms with Crippen molar-refractivity contribution in [1.29, 1.82) is 0 Å². The van der Waals surface area contributed by atoms with Crippen LogP contribution in [-0.2, 0) is 0 Å². The predicted molar refractivity (Wildman–Crippen MR) is 60.0 cm³/mol. The lowest BCUT2D eigenvalue weighted by atomic mass is 10.2. The van der Waals surface area contributed by atoms with Gasteiger partial charge in [0.15, 0.2) is 0 Å². The van der Waals surface area contributed by atoms with Crippen LogP contribution in [0.1, 0.15) is 0 Å². The first-order valence-electron chi connectivity index (χ1n) is 3.34. The number of rotatable bonds is 0. The van der Waals surface area contributed by atoms with Gasteiger partial charge in [-0.3, -0.25) is 0 Å². The number of nitrogens with zero attached hydrogens (tertiary/aromatic N) is 2. The summed E-state index contributed by atoms with van der Waals surface area (Å²) in [6.07, 6.45) is 0. The van der Waals surface area contributed by atoms with Crippen molar-refractivity contribution in [3.8, 4) is 0 Å². The van der Waals surface area contributed by atoms with Crippen molar-refractivity contribution in [2.75, 3.05) is 0 Å². The van der Waals surface area contributed by atoms with Gasteiger partial charge in [-0.1, -0.05) is 22.0 Å². The highest BCUT2D eigenvalue weighted by molar-refractivity contribution is 14.1. The lowest BCUT2D eigenvalue weighted by molar-refractivity contribution is 1.04. The Morgan fingerprint density at radius 2 is 2.00 bits per heavy atom. The van der Waals surface area contributed by atoms with E-state index in [1.807, 2.05) is 24.3 Å². The first-order chi connectivity index (χ1) is 5.75. The molecule has 1 aromatic carbocycles. The molecule has 0 aliphatic carbocycles. The Hall–Kier alpha value is -0.230. The SMILES string of the molecule is Brc1ccc2cc(I)nnc2c1. The second-order valence-electron chi connectivity index (χ2n) is 2.37. The zero-order valence-electron chi connectivity index (χ0n) is 5.96. The van der Waals surface area contributed by atoms with Gasteiger partial charge in [0, 0.05) is 9.86 Å². The van der Waals surface area contributed by atoms with Gasteiger partial charge >= 0.3 is 0 Å². The number of hydrogen-bond donors (Lipinski definition) is 0. The average molecular weight is 335 g/mol. The quantitative estimate of drug-likeness (QED) is 0.692. The Morgan fingerprint density at radius 1 is 1.17 bits per heavy atom. The molecule has 1 heterocycles. The maximum absolute atomic E-state index is 4.05. The van der Waals surface area contributed by atoms with Gasteiger partial charge in [-0.05, 0) is 40.8 Å². The van der Waals surface area contributed by atoms with Crippen LogP contribution >= 0.6 is 38.5 Å². The van der Waals surface area contributed by atoms with Crippen LogP contribution in [0.25, 0.3) is 10.9 Å². The van der Waals surface area contributed by atoms with Crippen molar-refractivity contribution >= 4 is 49.4 Å². The van der Waals surface area contributed by atoms with Gasteiger partial charge in [0.1, 0.15) is 3.70 Å². The third kappa shape index (κ3) is 1.59. The van der Waals surface area contributed by atoms with Crippen LogP contribution in [-0.4, -0.2) is 10.2 Å². The first-order valence-corrected chi connectivity index (χ1v) is 5.21. The fourth-order valence-corrected chi connectivity index (χ4v) is 1.78. The zero-order chi connectivity index (χ0) is 8.55. The second kappa shape index (κ2) is 3.26. The molecule has 0 bridgehead atoms. The summed E-state index contributed by atoms with van der Waals surface area (Å²) >= 11 is 5.53. The summed E-state index contributed by atoms with van der Waals surface area (Å²) in [5.41, 5.74) is 0.921. The van der Waals surface area contributed by atoms with Crippen molar-refractivity contribution in [2.24, 2.45) is 0 Å². The molecule has 2 aromatic rings. The Balaban J connectivity index is 2.79. The fraction of sp³-hybridized carbons (Fsp3) is 0. The van der Waals surface area contributed by atoms with E-state index in [1.165, 1.54) is 0 Å². The predicted octanol–water partition coefficient (Wildman–Crippen LogP) is 3.00. The maximum Gasteiger partial charge on any atom is 0.124 e. The van der Waals surface area contributed by atoms with Gasteiger partial charge in [0.05, 0.1) is 5.52 Å². The number of benzene rings is 1. The van der Waals surface area contributed by atoms with Crippen LogP contribution in [0.3, 0.4) is 0 Å². The minimum Gasteiger partial charge on any atom is -0.149 e.